The van der Waals surface area contributed by atoms with Gasteiger partial charge in [0.2, 0.25) is 0 Å². The molecule has 0 saturated heterocycles. The van der Waals surface area contributed by atoms with E-state index >= 15 is 0 Å². The molecule has 6 heteroatoms. The van der Waals surface area contributed by atoms with Crippen LogP contribution in [0.15, 0.2) is 61.2 Å². The zero-order valence-electron chi connectivity index (χ0n) is 15.1. The molecular formula is C20H23N5O. The first kappa shape index (κ1) is 17.7. The lowest BCUT2D eigenvalue weighted by atomic mass is 10.2. The number of anilines is 3. The summed E-state index contributed by atoms with van der Waals surface area (Å²) < 4.78 is 5.46. The van der Waals surface area contributed by atoms with Gasteiger partial charge in [0.15, 0.2) is 0 Å². The van der Waals surface area contributed by atoms with Crippen molar-refractivity contribution < 1.29 is 4.74 Å². The number of rotatable bonds is 8. The van der Waals surface area contributed by atoms with E-state index in [9.17, 15) is 0 Å². The summed E-state index contributed by atoms with van der Waals surface area (Å²) in [5, 5.41) is 3.30. The van der Waals surface area contributed by atoms with Crippen LogP contribution < -0.4 is 15.0 Å². The monoisotopic (exact) mass is 349 g/mol. The van der Waals surface area contributed by atoms with E-state index in [0.29, 0.717) is 6.61 Å². The number of aromatic nitrogens is 3. The molecule has 6 nitrogen and oxygen atoms in total. The molecule has 0 bridgehead atoms. The van der Waals surface area contributed by atoms with Gasteiger partial charge in [-0.15, -0.1) is 0 Å². The topological polar surface area (TPSA) is 63.2 Å². The van der Waals surface area contributed by atoms with Gasteiger partial charge in [0.1, 0.15) is 23.7 Å². The fourth-order valence-corrected chi connectivity index (χ4v) is 2.53. The largest absolute Gasteiger partial charge is 0.494 e. The molecule has 134 valence electrons. The summed E-state index contributed by atoms with van der Waals surface area (Å²) in [5.41, 5.74) is 2.21. The number of nitrogens with zero attached hydrogens (tertiary/aromatic N) is 4. The molecule has 2 heterocycles. The quantitative estimate of drug-likeness (QED) is 0.669. The SMILES string of the molecule is CCOc1ccc(Nc2cc(N(C)CCc3ccncc3)ncn2)cc1. The summed E-state index contributed by atoms with van der Waals surface area (Å²) in [7, 11) is 2.03. The lowest BCUT2D eigenvalue weighted by Gasteiger charge is -2.18. The first-order valence-corrected chi connectivity index (χ1v) is 8.66. The van der Waals surface area contributed by atoms with Gasteiger partial charge in [-0.1, -0.05) is 0 Å². The summed E-state index contributed by atoms with van der Waals surface area (Å²) in [4.78, 5) is 14.8. The van der Waals surface area contributed by atoms with Crippen LogP contribution in [0.4, 0.5) is 17.3 Å². The average molecular weight is 349 g/mol. The van der Waals surface area contributed by atoms with E-state index < -0.39 is 0 Å². The molecule has 0 atom stereocenters. The van der Waals surface area contributed by atoms with Gasteiger partial charge < -0.3 is 15.0 Å². The highest BCUT2D eigenvalue weighted by Gasteiger charge is 2.06. The zero-order valence-corrected chi connectivity index (χ0v) is 15.1. The number of pyridine rings is 1. The van der Waals surface area contributed by atoms with Crippen molar-refractivity contribution in [2.24, 2.45) is 0 Å². The molecule has 3 rings (SSSR count). The van der Waals surface area contributed by atoms with Crippen LogP contribution in [0.3, 0.4) is 0 Å². The Bertz CT molecular complexity index is 808. The molecule has 0 aliphatic heterocycles. The van der Waals surface area contributed by atoms with Gasteiger partial charge in [-0.25, -0.2) is 9.97 Å². The van der Waals surface area contributed by atoms with Crippen molar-refractivity contribution in [3.8, 4) is 5.75 Å². The van der Waals surface area contributed by atoms with E-state index in [2.05, 4.69) is 25.2 Å². The molecule has 0 spiro atoms. The van der Waals surface area contributed by atoms with E-state index in [1.807, 2.05) is 68.8 Å². The van der Waals surface area contributed by atoms with E-state index in [-0.39, 0.29) is 0 Å². The van der Waals surface area contributed by atoms with E-state index in [0.717, 1.165) is 36.0 Å². The van der Waals surface area contributed by atoms with Crippen molar-refractivity contribution in [3.05, 3.63) is 66.7 Å². The normalized spacial score (nSPS) is 10.4. The molecule has 26 heavy (non-hydrogen) atoms. The number of ether oxygens (including phenoxy) is 1. The minimum absolute atomic E-state index is 0.661. The Morgan fingerprint density at radius 3 is 2.54 bits per heavy atom. The number of hydrogen-bond donors (Lipinski definition) is 1. The highest BCUT2D eigenvalue weighted by molar-refractivity contribution is 5.59. The highest BCUT2D eigenvalue weighted by Crippen LogP contribution is 2.20. The van der Waals surface area contributed by atoms with Crippen LogP contribution in [-0.4, -0.2) is 35.2 Å². The van der Waals surface area contributed by atoms with Crippen LogP contribution >= 0.6 is 0 Å². The number of hydrogen-bond acceptors (Lipinski definition) is 6. The highest BCUT2D eigenvalue weighted by atomic mass is 16.5. The summed E-state index contributed by atoms with van der Waals surface area (Å²) in [6, 6.07) is 13.8. The Kier molecular flexibility index (Phi) is 5.98. The second-order valence-corrected chi connectivity index (χ2v) is 5.87. The molecule has 1 aromatic carbocycles. The molecular weight excluding hydrogens is 326 g/mol. The lowest BCUT2D eigenvalue weighted by Crippen LogP contribution is -2.21. The van der Waals surface area contributed by atoms with Crippen LogP contribution in [0, 0.1) is 0 Å². The predicted molar refractivity (Wildman–Crippen MR) is 104 cm³/mol. The van der Waals surface area contributed by atoms with Crippen molar-refractivity contribution in [1.29, 1.82) is 0 Å². The Balaban J connectivity index is 1.61. The second kappa shape index (κ2) is 8.80. The molecule has 0 amide bonds. The van der Waals surface area contributed by atoms with Crippen molar-refractivity contribution in [2.45, 2.75) is 13.3 Å². The molecule has 0 unspecified atom stereocenters. The summed E-state index contributed by atoms with van der Waals surface area (Å²) in [5.74, 6) is 2.50. The van der Waals surface area contributed by atoms with Gasteiger partial charge in [-0.05, 0) is 55.3 Å². The molecule has 2 aromatic heterocycles. The Morgan fingerprint density at radius 2 is 1.81 bits per heavy atom. The molecule has 3 aromatic rings. The van der Waals surface area contributed by atoms with Gasteiger partial charge >= 0.3 is 0 Å². The van der Waals surface area contributed by atoms with Crippen molar-refractivity contribution in [3.63, 3.8) is 0 Å². The van der Waals surface area contributed by atoms with E-state index in [4.69, 9.17) is 4.74 Å². The molecule has 0 fully saturated rings. The lowest BCUT2D eigenvalue weighted by molar-refractivity contribution is 0.340. The van der Waals surface area contributed by atoms with Gasteiger partial charge in [0, 0.05) is 37.7 Å². The molecule has 1 N–H and O–H groups in total. The predicted octanol–water partition coefficient (Wildman–Crippen LogP) is 3.69. The summed E-state index contributed by atoms with van der Waals surface area (Å²) in [6.45, 7) is 3.50. The van der Waals surface area contributed by atoms with Crippen molar-refractivity contribution in [1.82, 2.24) is 15.0 Å². The van der Waals surface area contributed by atoms with Crippen LogP contribution in [0.2, 0.25) is 0 Å². The third-order valence-electron chi connectivity index (χ3n) is 3.97. The van der Waals surface area contributed by atoms with Crippen molar-refractivity contribution >= 4 is 17.3 Å². The Hall–Kier alpha value is -3.15. The molecule has 0 aliphatic carbocycles. The molecule has 0 saturated carbocycles. The second-order valence-electron chi connectivity index (χ2n) is 5.87. The van der Waals surface area contributed by atoms with Gasteiger partial charge in [0.05, 0.1) is 6.61 Å². The van der Waals surface area contributed by atoms with E-state index in [1.165, 1.54) is 5.56 Å². The van der Waals surface area contributed by atoms with Gasteiger partial charge in [-0.2, -0.15) is 0 Å². The Morgan fingerprint density at radius 1 is 1.04 bits per heavy atom. The standard InChI is InChI=1S/C20H23N5O/c1-3-26-18-6-4-17(5-7-18)24-19-14-20(23-15-22-19)25(2)13-10-16-8-11-21-12-9-16/h4-9,11-12,14-15H,3,10,13H2,1-2H3,(H,22,23,24). The fourth-order valence-electron chi connectivity index (χ4n) is 2.53. The minimum Gasteiger partial charge on any atom is -0.494 e. The maximum absolute atomic E-state index is 5.46. The van der Waals surface area contributed by atoms with Crippen LogP contribution in [-0.2, 0) is 6.42 Å². The third-order valence-corrected chi connectivity index (χ3v) is 3.97. The van der Waals surface area contributed by atoms with Crippen LogP contribution in [0.5, 0.6) is 5.75 Å². The van der Waals surface area contributed by atoms with Crippen LogP contribution in [0.25, 0.3) is 0 Å². The maximum Gasteiger partial charge on any atom is 0.135 e. The fraction of sp³-hybridized carbons (Fsp3) is 0.250. The first-order chi connectivity index (χ1) is 12.7. The molecule has 0 radical (unpaired) electrons. The summed E-state index contributed by atoms with van der Waals surface area (Å²) >= 11 is 0. The first-order valence-electron chi connectivity index (χ1n) is 8.66. The van der Waals surface area contributed by atoms with E-state index in [1.54, 1.807) is 6.33 Å². The summed E-state index contributed by atoms with van der Waals surface area (Å²) in [6.07, 6.45) is 6.15. The zero-order chi connectivity index (χ0) is 18.2. The number of likely N-dealkylation sites (N-methyl/N-ethyl adjacent to an activating group) is 1. The maximum atomic E-state index is 5.46. The number of nitrogens with one attached hydrogen (secondary N) is 1. The van der Waals surface area contributed by atoms with Gasteiger partial charge in [0.25, 0.3) is 0 Å². The average Bonchev–Trinajstić information content (AvgIpc) is 2.69. The smallest absolute Gasteiger partial charge is 0.135 e. The minimum atomic E-state index is 0.661. The number of benzene rings is 1. The molecule has 0 aliphatic rings. The third kappa shape index (κ3) is 4.92. The van der Waals surface area contributed by atoms with Crippen LogP contribution in [0.1, 0.15) is 12.5 Å². The van der Waals surface area contributed by atoms with Gasteiger partial charge in [-0.3, -0.25) is 4.98 Å². The van der Waals surface area contributed by atoms with Crippen molar-refractivity contribution in [2.75, 3.05) is 30.4 Å². The Labute approximate surface area is 153 Å².